The third-order valence-corrected chi connectivity index (χ3v) is 5.07. The van der Waals surface area contributed by atoms with Gasteiger partial charge in [-0.1, -0.05) is 47.5 Å². The monoisotopic (exact) mass is 469 g/mol. The highest BCUT2D eigenvalue weighted by Gasteiger charge is 2.10. The molecular weight excluding hydrogens is 449 g/mol. The van der Waals surface area contributed by atoms with Crippen molar-refractivity contribution in [3.8, 4) is 0 Å². The van der Waals surface area contributed by atoms with Crippen LogP contribution in [0.4, 0.5) is 16.2 Å². The maximum atomic E-state index is 12.5. The number of carbonyl (C=O) groups is 2. The lowest BCUT2D eigenvalue weighted by Gasteiger charge is -2.12. The molecule has 0 unspecified atom stereocenters. The fraction of sp³-hybridized carbons (Fsp3) is 0.125. The van der Waals surface area contributed by atoms with Crippen molar-refractivity contribution >= 4 is 52.2 Å². The topological polar surface area (TPSA) is 91.3 Å². The summed E-state index contributed by atoms with van der Waals surface area (Å²) in [6.45, 7) is 0. The molecule has 8 heteroatoms. The molecule has 1 heterocycles. The van der Waals surface area contributed by atoms with Gasteiger partial charge in [0.15, 0.2) is 0 Å². The Balaban J connectivity index is 1.78. The van der Waals surface area contributed by atoms with Crippen LogP contribution in [0.15, 0.2) is 73.1 Å². The Labute approximate surface area is 195 Å². The molecule has 0 saturated heterocycles. The number of aliphatic carboxylic acids is 1. The van der Waals surface area contributed by atoms with E-state index in [1.54, 1.807) is 36.7 Å². The quantitative estimate of drug-likeness (QED) is 0.319. The summed E-state index contributed by atoms with van der Waals surface area (Å²) in [5, 5.41) is 15.2. The molecule has 0 bridgehead atoms. The van der Waals surface area contributed by atoms with Crippen molar-refractivity contribution in [1.82, 2.24) is 4.98 Å². The molecule has 3 N–H and O–H groups in total. The summed E-state index contributed by atoms with van der Waals surface area (Å²) in [7, 11) is 0. The normalized spacial score (nSPS) is 11.1. The number of pyridine rings is 1. The van der Waals surface area contributed by atoms with Crippen LogP contribution < -0.4 is 10.6 Å². The Morgan fingerprint density at radius 3 is 2.53 bits per heavy atom. The van der Waals surface area contributed by atoms with E-state index in [1.165, 1.54) is 0 Å². The molecule has 0 aliphatic heterocycles. The molecule has 0 aliphatic carbocycles. The molecule has 0 aliphatic rings. The Morgan fingerprint density at radius 1 is 1.00 bits per heavy atom. The number of carboxylic acid groups (broad SMARTS) is 1. The second-order valence-electron chi connectivity index (χ2n) is 6.93. The van der Waals surface area contributed by atoms with E-state index in [9.17, 15) is 9.59 Å². The zero-order valence-corrected chi connectivity index (χ0v) is 18.5. The van der Waals surface area contributed by atoms with Crippen LogP contribution in [0.3, 0.4) is 0 Å². The number of anilines is 2. The Bertz CT molecular complexity index is 1130. The van der Waals surface area contributed by atoms with Crippen LogP contribution in [0.5, 0.6) is 0 Å². The molecule has 32 heavy (non-hydrogen) atoms. The van der Waals surface area contributed by atoms with E-state index in [1.807, 2.05) is 36.4 Å². The molecular formula is C24H21Cl2N3O3. The summed E-state index contributed by atoms with van der Waals surface area (Å²) in [6, 6.07) is 15.5. The fourth-order valence-electron chi connectivity index (χ4n) is 3.06. The van der Waals surface area contributed by atoms with Gasteiger partial charge in [0.05, 0.1) is 10.7 Å². The van der Waals surface area contributed by atoms with Crippen LogP contribution in [0.25, 0.3) is 5.57 Å². The molecule has 6 nitrogen and oxygen atoms in total. The third kappa shape index (κ3) is 6.83. The van der Waals surface area contributed by atoms with Crippen LogP contribution >= 0.6 is 23.2 Å². The minimum absolute atomic E-state index is 0.103. The largest absolute Gasteiger partial charge is 0.481 e. The molecule has 3 rings (SSSR count). The van der Waals surface area contributed by atoms with Gasteiger partial charge in [-0.05, 0) is 60.4 Å². The van der Waals surface area contributed by atoms with Gasteiger partial charge in [-0.25, -0.2) is 4.79 Å². The van der Waals surface area contributed by atoms with Crippen LogP contribution in [0.1, 0.15) is 30.4 Å². The molecule has 0 spiro atoms. The summed E-state index contributed by atoms with van der Waals surface area (Å²) >= 11 is 12.0. The van der Waals surface area contributed by atoms with E-state index < -0.39 is 12.0 Å². The molecule has 0 radical (unpaired) electrons. The van der Waals surface area contributed by atoms with E-state index in [0.717, 1.165) is 16.7 Å². The summed E-state index contributed by atoms with van der Waals surface area (Å²) in [4.78, 5) is 27.4. The first-order chi connectivity index (χ1) is 15.4. The van der Waals surface area contributed by atoms with Crippen molar-refractivity contribution in [2.45, 2.75) is 19.3 Å². The number of hydrogen-bond donors (Lipinski definition) is 3. The fourth-order valence-corrected chi connectivity index (χ4v) is 3.52. The number of aromatic nitrogens is 1. The van der Waals surface area contributed by atoms with Crippen molar-refractivity contribution in [3.63, 3.8) is 0 Å². The Morgan fingerprint density at radius 2 is 1.81 bits per heavy atom. The van der Waals surface area contributed by atoms with Gasteiger partial charge >= 0.3 is 12.0 Å². The molecule has 0 fully saturated rings. The number of unbranched alkanes of at least 4 members (excludes halogenated alkanes) is 1. The highest BCUT2D eigenvalue weighted by molar-refractivity contribution is 6.36. The molecule has 3 aromatic rings. The molecule has 2 amide bonds. The predicted octanol–water partition coefficient (Wildman–Crippen LogP) is 6.72. The van der Waals surface area contributed by atoms with Gasteiger partial charge in [-0.2, -0.15) is 0 Å². The number of carbonyl (C=O) groups excluding carboxylic acids is 1. The summed E-state index contributed by atoms with van der Waals surface area (Å²) in [6.07, 6.45) is 6.66. The number of halogens is 2. The van der Waals surface area contributed by atoms with Crippen LogP contribution in [0, 0.1) is 0 Å². The highest BCUT2D eigenvalue weighted by atomic mass is 35.5. The van der Waals surface area contributed by atoms with Gasteiger partial charge in [0.25, 0.3) is 0 Å². The highest BCUT2D eigenvalue weighted by Crippen LogP contribution is 2.27. The maximum Gasteiger partial charge on any atom is 0.323 e. The van der Waals surface area contributed by atoms with Crippen LogP contribution in [-0.2, 0) is 4.79 Å². The van der Waals surface area contributed by atoms with E-state index in [0.29, 0.717) is 34.3 Å². The van der Waals surface area contributed by atoms with Crippen molar-refractivity contribution in [2.24, 2.45) is 0 Å². The first-order valence-corrected chi connectivity index (χ1v) is 10.6. The number of hydrogen-bond acceptors (Lipinski definition) is 3. The SMILES string of the molecule is O=C(O)CCC/C=C(\c1cccnc1)c1cccc(NC(=O)Nc2ccc(Cl)cc2Cl)c1. The summed E-state index contributed by atoms with van der Waals surface area (Å²) < 4.78 is 0. The number of nitrogens with one attached hydrogen (secondary N) is 2. The average molecular weight is 470 g/mol. The van der Waals surface area contributed by atoms with Gasteiger partial charge in [-0.15, -0.1) is 0 Å². The Hall–Kier alpha value is -3.35. The van der Waals surface area contributed by atoms with Crippen LogP contribution in [0.2, 0.25) is 10.0 Å². The van der Waals surface area contributed by atoms with Gasteiger partial charge in [-0.3, -0.25) is 9.78 Å². The Kier molecular flexibility index (Phi) is 8.25. The average Bonchev–Trinajstić information content (AvgIpc) is 2.76. The number of nitrogens with zero attached hydrogens (tertiary/aromatic N) is 1. The van der Waals surface area contributed by atoms with Crippen LogP contribution in [-0.4, -0.2) is 22.1 Å². The lowest BCUT2D eigenvalue weighted by molar-refractivity contribution is -0.137. The smallest absolute Gasteiger partial charge is 0.323 e. The second kappa shape index (κ2) is 11.3. The van der Waals surface area contributed by atoms with E-state index in [2.05, 4.69) is 15.6 Å². The van der Waals surface area contributed by atoms with Crippen molar-refractivity contribution in [3.05, 3.63) is 94.2 Å². The second-order valence-corrected chi connectivity index (χ2v) is 7.77. The lowest BCUT2D eigenvalue weighted by Crippen LogP contribution is -2.19. The minimum Gasteiger partial charge on any atom is -0.481 e. The number of amides is 2. The van der Waals surface area contributed by atoms with Crippen molar-refractivity contribution in [2.75, 3.05) is 10.6 Å². The molecule has 2 aromatic carbocycles. The van der Waals surface area contributed by atoms with E-state index in [4.69, 9.17) is 28.3 Å². The zero-order chi connectivity index (χ0) is 22.9. The van der Waals surface area contributed by atoms with Gasteiger partial charge < -0.3 is 15.7 Å². The van der Waals surface area contributed by atoms with Crippen molar-refractivity contribution in [1.29, 1.82) is 0 Å². The van der Waals surface area contributed by atoms with Gasteiger partial charge in [0.1, 0.15) is 0 Å². The van der Waals surface area contributed by atoms with Gasteiger partial charge in [0, 0.05) is 35.1 Å². The number of urea groups is 1. The van der Waals surface area contributed by atoms with E-state index in [-0.39, 0.29) is 6.42 Å². The minimum atomic E-state index is -0.820. The molecule has 164 valence electrons. The van der Waals surface area contributed by atoms with Gasteiger partial charge in [0.2, 0.25) is 0 Å². The maximum absolute atomic E-state index is 12.5. The zero-order valence-electron chi connectivity index (χ0n) is 17.0. The number of carboxylic acids is 1. The van der Waals surface area contributed by atoms with Crippen molar-refractivity contribution < 1.29 is 14.7 Å². The number of allylic oxidation sites excluding steroid dienone is 1. The van der Waals surface area contributed by atoms with E-state index >= 15 is 0 Å². The summed E-state index contributed by atoms with van der Waals surface area (Å²) in [5.74, 6) is -0.820. The molecule has 1 aromatic heterocycles. The lowest BCUT2D eigenvalue weighted by atomic mass is 9.97. The first kappa shape index (κ1) is 23.3. The summed E-state index contributed by atoms with van der Waals surface area (Å²) in [5.41, 5.74) is 3.71. The number of benzene rings is 2. The third-order valence-electron chi connectivity index (χ3n) is 4.53. The first-order valence-electron chi connectivity index (χ1n) is 9.88. The molecule has 0 saturated carbocycles. The standard InChI is InChI=1S/C24H21Cl2N3O3/c25-18-10-11-22(21(26)14-18)29-24(32)28-19-7-3-5-16(13-19)20(8-1-2-9-23(30)31)17-6-4-12-27-15-17/h3-8,10-15H,1-2,9H2,(H,30,31)(H2,28,29,32)/b20-8-. The predicted molar refractivity (Wildman–Crippen MR) is 128 cm³/mol. The number of rotatable bonds is 8. The molecule has 0 atom stereocenters.